The molecule has 1 aromatic carbocycles. The Morgan fingerprint density at radius 1 is 1.54 bits per heavy atom. The molecule has 0 saturated carbocycles. The number of fused-ring (bicyclic) bond motifs is 1. The smallest absolute Gasteiger partial charge is 0.184 e. The van der Waals surface area contributed by atoms with Crippen LogP contribution in [0.15, 0.2) is 23.1 Å². The molecule has 0 radical (unpaired) electrons. The van der Waals surface area contributed by atoms with Gasteiger partial charge in [0.25, 0.3) is 0 Å². The highest BCUT2D eigenvalue weighted by molar-refractivity contribution is 7.79. The first-order valence-electron chi connectivity index (χ1n) is 3.32. The van der Waals surface area contributed by atoms with Gasteiger partial charge in [-0.15, -0.1) is 11.3 Å². The summed E-state index contributed by atoms with van der Waals surface area (Å²) in [6.45, 7) is 0. The fraction of sp³-hybridized carbons (Fsp3) is 0. The standard InChI is InChI=1S/C7H4ClNO2S2/c8-7-9-5-3-4(13(10)11)1-2-6(5)12-7/h1-3H,(H,10,11)/p-1. The normalized spacial score (nSPS) is 13.4. The fourth-order valence-electron chi connectivity index (χ4n) is 0.983. The largest absolute Gasteiger partial charge is 0.768 e. The molecular formula is C7H3ClNO2S2-. The Hall–Kier alpha value is -0.490. The van der Waals surface area contributed by atoms with Crippen molar-refractivity contribution in [2.24, 2.45) is 0 Å². The predicted molar refractivity (Wildman–Crippen MR) is 51.8 cm³/mol. The fourth-order valence-corrected chi connectivity index (χ4v) is 2.38. The molecule has 0 amide bonds. The third kappa shape index (κ3) is 1.73. The van der Waals surface area contributed by atoms with E-state index in [1.54, 1.807) is 6.07 Å². The molecule has 0 spiro atoms. The van der Waals surface area contributed by atoms with Gasteiger partial charge in [0, 0.05) is 4.90 Å². The summed E-state index contributed by atoms with van der Waals surface area (Å²) in [4.78, 5) is 4.20. The van der Waals surface area contributed by atoms with Gasteiger partial charge < -0.3 is 4.55 Å². The van der Waals surface area contributed by atoms with Gasteiger partial charge in [-0.2, -0.15) is 0 Å². The minimum Gasteiger partial charge on any atom is -0.768 e. The molecular weight excluding hydrogens is 230 g/mol. The van der Waals surface area contributed by atoms with Gasteiger partial charge in [0.15, 0.2) is 4.47 Å². The summed E-state index contributed by atoms with van der Waals surface area (Å²) < 4.78 is 22.5. The van der Waals surface area contributed by atoms with Crippen LogP contribution < -0.4 is 0 Å². The molecule has 0 fully saturated rings. The molecule has 1 heterocycles. The van der Waals surface area contributed by atoms with Crippen LogP contribution in [0.1, 0.15) is 0 Å². The van der Waals surface area contributed by atoms with E-state index in [1.165, 1.54) is 23.5 Å². The lowest BCUT2D eigenvalue weighted by atomic mass is 10.3. The molecule has 2 rings (SSSR count). The average Bonchev–Trinajstić information content (AvgIpc) is 2.42. The summed E-state index contributed by atoms with van der Waals surface area (Å²) in [6.07, 6.45) is 0. The van der Waals surface area contributed by atoms with Crippen LogP contribution in [0.5, 0.6) is 0 Å². The van der Waals surface area contributed by atoms with Crippen LogP contribution in [0, 0.1) is 0 Å². The van der Waals surface area contributed by atoms with Crippen molar-refractivity contribution in [2.75, 3.05) is 0 Å². The zero-order chi connectivity index (χ0) is 9.42. The van der Waals surface area contributed by atoms with Gasteiger partial charge in [-0.25, -0.2) is 4.98 Å². The number of nitrogens with zero attached hydrogens (tertiary/aromatic N) is 1. The van der Waals surface area contributed by atoms with Crippen LogP contribution in [0.25, 0.3) is 10.2 Å². The molecule has 0 aliphatic carbocycles. The second-order valence-electron chi connectivity index (χ2n) is 2.33. The number of rotatable bonds is 1. The molecule has 1 atom stereocenters. The molecule has 13 heavy (non-hydrogen) atoms. The van der Waals surface area contributed by atoms with Gasteiger partial charge in [-0.1, -0.05) is 11.6 Å². The summed E-state index contributed by atoms with van der Waals surface area (Å²) in [5.74, 6) is 0. The highest BCUT2D eigenvalue weighted by Gasteiger charge is 2.02. The molecule has 1 aromatic heterocycles. The maximum atomic E-state index is 10.6. The topological polar surface area (TPSA) is 53.0 Å². The third-order valence-electron chi connectivity index (χ3n) is 1.53. The van der Waals surface area contributed by atoms with Crippen molar-refractivity contribution in [1.29, 1.82) is 0 Å². The van der Waals surface area contributed by atoms with Crippen molar-refractivity contribution in [3.05, 3.63) is 22.7 Å². The number of benzene rings is 1. The van der Waals surface area contributed by atoms with Crippen molar-refractivity contribution >= 4 is 44.2 Å². The second kappa shape index (κ2) is 3.34. The van der Waals surface area contributed by atoms with Crippen LogP contribution in [0.2, 0.25) is 4.47 Å². The van der Waals surface area contributed by atoms with Crippen molar-refractivity contribution < 1.29 is 8.76 Å². The van der Waals surface area contributed by atoms with Gasteiger partial charge >= 0.3 is 0 Å². The van der Waals surface area contributed by atoms with Crippen LogP contribution in [-0.2, 0) is 11.1 Å². The lowest BCUT2D eigenvalue weighted by Gasteiger charge is -2.02. The first kappa shape index (κ1) is 9.08. The van der Waals surface area contributed by atoms with E-state index in [1.807, 2.05) is 0 Å². The van der Waals surface area contributed by atoms with E-state index in [4.69, 9.17) is 11.6 Å². The summed E-state index contributed by atoms with van der Waals surface area (Å²) >= 11 is 4.79. The second-order valence-corrected chi connectivity index (χ2v) is 4.88. The lowest BCUT2D eigenvalue weighted by Crippen LogP contribution is -1.87. The Morgan fingerprint density at radius 3 is 3.00 bits per heavy atom. The first-order chi connectivity index (χ1) is 6.16. The Morgan fingerprint density at radius 2 is 2.31 bits per heavy atom. The van der Waals surface area contributed by atoms with E-state index in [0.717, 1.165) is 4.70 Å². The highest BCUT2D eigenvalue weighted by Crippen LogP contribution is 2.26. The van der Waals surface area contributed by atoms with Crippen LogP contribution in [0.3, 0.4) is 0 Å². The number of aromatic nitrogens is 1. The summed E-state index contributed by atoms with van der Waals surface area (Å²) in [5.41, 5.74) is 0.622. The molecule has 1 unspecified atom stereocenters. The summed E-state index contributed by atoms with van der Waals surface area (Å²) in [7, 11) is 0. The molecule has 0 aliphatic heterocycles. The Balaban J connectivity index is 2.67. The Labute approximate surface area is 85.7 Å². The maximum Gasteiger partial charge on any atom is 0.184 e. The van der Waals surface area contributed by atoms with Crippen molar-refractivity contribution in [1.82, 2.24) is 4.98 Å². The lowest BCUT2D eigenvalue weighted by molar-refractivity contribution is 0.537. The highest BCUT2D eigenvalue weighted by atomic mass is 35.5. The number of thiazole rings is 1. The van der Waals surface area contributed by atoms with Gasteiger partial charge in [-0.05, 0) is 29.3 Å². The van der Waals surface area contributed by atoms with E-state index in [2.05, 4.69) is 4.98 Å². The third-order valence-corrected chi connectivity index (χ3v) is 3.31. The van der Waals surface area contributed by atoms with Gasteiger partial charge in [-0.3, -0.25) is 4.21 Å². The number of hydrogen-bond donors (Lipinski definition) is 0. The first-order valence-corrected chi connectivity index (χ1v) is 5.59. The van der Waals surface area contributed by atoms with Gasteiger partial charge in [0.2, 0.25) is 0 Å². The predicted octanol–water partition coefficient (Wildman–Crippen LogP) is 2.19. The van der Waals surface area contributed by atoms with Crippen molar-refractivity contribution in [3.63, 3.8) is 0 Å². The molecule has 68 valence electrons. The van der Waals surface area contributed by atoms with Crippen molar-refractivity contribution in [3.8, 4) is 0 Å². The minimum atomic E-state index is -2.20. The molecule has 0 aliphatic rings. The zero-order valence-corrected chi connectivity index (χ0v) is 8.58. The van der Waals surface area contributed by atoms with E-state index in [0.29, 0.717) is 9.98 Å². The Bertz CT molecular complexity index is 482. The molecule has 6 heteroatoms. The number of halogens is 1. The monoisotopic (exact) mass is 232 g/mol. The van der Waals surface area contributed by atoms with E-state index in [9.17, 15) is 8.76 Å². The zero-order valence-electron chi connectivity index (χ0n) is 6.19. The van der Waals surface area contributed by atoms with Crippen LogP contribution in [0.4, 0.5) is 0 Å². The average molecular weight is 233 g/mol. The van der Waals surface area contributed by atoms with Crippen LogP contribution in [-0.4, -0.2) is 13.7 Å². The van der Waals surface area contributed by atoms with Gasteiger partial charge in [0.1, 0.15) is 0 Å². The van der Waals surface area contributed by atoms with E-state index < -0.39 is 11.1 Å². The Kier molecular flexibility index (Phi) is 2.33. The van der Waals surface area contributed by atoms with E-state index in [-0.39, 0.29) is 4.90 Å². The SMILES string of the molecule is O=S([O-])c1ccc2sc(Cl)nc2c1. The quantitative estimate of drug-likeness (QED) is 0.709. The van der Waals surface area contributed by atoms with Crippen molar-refractivity contribution in [2.45, 2.75) is 4.90 Å². The molecule has 2 aromatic rings. The molecule has 0 N–H and O–H groups in total. The molecule has 0 saturated heterocycles. The van der Waals surface area contributed by atoms with Gasteiger partial charge in [0.05, 0.1) is 10.2 Å². The maximum absolute atomic E-state index is 10.6. The molecule has 0 bridgehead atoms. The molecule has 3 nitrogen and oxygen atoms in total. The summed E-state index contributed by atoms with van der Waals surface area (Å²) in [6, 6.07) is 4.73. The van der Waals surface area contributed by atoms with Crippen LogP contribution >= 0.6 is 22.9 Å². The van der Waals surface area contributed by atoms with E-state index >= 15 is 0 Å². The summed E-state index contributed by atoms with van der Waals surface area (Å²) in [5, 5.41) is 0. The minimum absolute atomic E-state index is 0.231. The number of hydrogen-bond acceptors (Lipinski definition) is 4.